The van der Waals surface area contributed by atoms with Crippen LogP contribution in [0.1, 0.15) is 13.8 Å². The number of carbonyl (C=O) groups excluding carboxylic acids is 1. The van der Waals surface area contributed by atoms with Crippen molar-refractivity contribution in [3.8, 4) is 0 Å². The molecule has 6 nitrogen and oxygen atoms in total. The fourth-order valence-corrected chi connectivity index (χ4v) is 2.26. The van der Waals surface area contributed by atoms with Gasteiger partial charge < -0.3 is 20.6 Å². The summed E-state index contributed by atoms with van der Waals surface area (Å²) in [4.78, 5) is 12.6. The summed E-state index contributed by atoms with van der Waals surface area (Å²) in [6, 6.07) is -0.806. The first kappa shape index (κ1) is 13.4. The van der Waals surface area contributed by atoms with Crippen LogP contribution in [0.2, 0.25) is 0 Å². The number of nitrogens with zero attached hydrogens (tertiary/aromatic N) is 1. The number of aliphatic hydroxyl groups excluding tert-OH is 3. The van der Waals surface area contributed by atoms with Crippen molar-refractivity contribution in [2.45, 2.75) is 38.1 Å². The number of aliphatic hydroxyl groups is 3. The highest BCUT2D eigenvalue weighted by Gasteiger charge is 2.46. The van der Waals surface area contributed by atoms with Crippen LogP contribution in [0.5, 0.6) is 0 Å². The first-order chi connectivity index (χ1) is 7.52. The van der Waals surface area contributed by atoms with Gasteiger partial charge in [-0.25, -0.2) is 0 Å². The highest BCUT2D eigenvalue weighted by Crippen LogP contribution is 2.24. The number of nitrogens with one attached hydrogen (secondary N) is 1. The van der Waals surface area contributed by atoms with Gasteiger partial charge in [-0.1, -0.05) is 6.92 Å². The number of hydrogen-bond donors (Lipinski definition) is 4. The molecule has 4 atom stereocenters. The third kappa shape index (κ3) is 2.52. The molecule has 0 spiro atoms. The smallest absolute Gasteiger partial charge is 0.216 e. The highest BCUT2D eigenvalue weighted by molar-refractivity contribution is 5.72. The lowest BCUT2D eigenvalue weighted by Crippen LogP contribution is -2.46. The molecule has 94 valence electrons. The molecule has 0 unspecified atom stereocenters. The number of amides is 1. The van der Waals surface area contributed by atoms with Crippen molar-refractivity contribution < 1.29 is 20.1 Å². The predicted octanol–water partition coefficient (Wildman–Crippen LogP) is -2.09. The summed E-state index contributed by atoms with van der Waals surface area (Å²) in [5, 5.41) is 31.3. The number of carbonyl (C=O) groups is 1. The van der Waals surface area contributed by atoms with Gasteiger partial charge in [0, 0.05) is 13.5 Å². The van der Waals surface area contributed by atoms with E-state index in [0.717, 1.165) is 0 Å². The summed E-state index contributed by atoms with van der Waals surface area (Å²) in [7, 11) is 0. The second kappa shape index (κ2) is 5.58. The maximum atomic E-state index is 10.8. The molecule has 0 aromatic heterocycles. The molecule has 1 heterocycles. The molecular weight excluding hydrogens is 212 g/mol. The summed E-state index contributed by atoms with van der Waals surface area (Å²) < 4.78 is 0. The van der Waals surface area contributed by atoms with E-state index in [1.807, 2.05) is 11.8 Å². The van der Waals surface area contributed by atoms with Crippen molar-refractivity contribution in [3.63, 3.8) is 0 Å². The Balaban J connectivity index is 2.69. The van der Waals surface area contributed by atoms with E-state index in [2.05, 4.69) is 5.32 Å². The van der Waals surface area contributed by atoms with Crippen LogP contribution in [-0.2, 0) is 4.79 Å². The average Bonchev–Trinajstić information content (AvgIpc) is 2.48. The van der Waals surface area contributed by atoms with Gasteiger partial charge in [-0.05, 0) is 6.54 Å². The molecule has 0 aliphatic carbocycles. The van der Waals surface area contributed by atoms with Gasteiger partial charge in [0.15, 0.2) is 0 Å². The van der Waals surface area contributed by atoms with Crippen LogP contribution in [0.4, 0.5) is 0 Å². The lowest BCUT2D eigenvalue weighted by Gasteiger charge is -2.28. The predicted molar refractivity (Wildman–Crippen MR) is 57.7 cm³/mol. The fraction of sp³-hybridized carbons (Fsp3) is 0.900. The van der Waals surface area contributed by atoms with Crippen molar-refractivity contribution in [2.24, 2.45) is 0 Å². The van der Waals surface area contributed by atoms with E-state index in [-0.39, 0.29) is 25.1 Å². The number of likely N-dealkylation sites (tertiary alicyclic amines) is 1. The first-order valence-corrected chi connectivity index (χ1v) is 5.50. The summed E-state index contributed by atoms with van der Waals surface area (Å²) in [6.07, 6.45) is -1.91. The molecule has 4 N–H and O–H groups in total. The largest absolute Gasteiger partial charge is 0.395 e. The van der Waals surface area contributed by atoms with Gasteiger partial charge in [-0.15, -0.1) is 0 Å². The zero-order valence-electron chi connectivity index (χ0n) is 9.63. The van der Waals surface area contributed by atoms with Gasteiger partial charge >= 0.3 is 0 Å². The lowest BCUT2D eigenvalue weighted by atomic mass is 10.1. The summed E-state index contributed by atoms with van der Waals surface area (Å²) in [5.74, 6) is -0.176. The van der Waals surface area contributed by atoms with E-state index >= 15 is 0 Å². The quantitative estimate of drug-likeness (QED) is 0.446. The van der Waals surface area contributed by atoms with Crippen molar-refractivity contribution in [1.82, 2.24) is 10.2 Å². The molecule has 1 fully saturated rings. The van der Waals surface area contributed by atoms with Crippen LogP contribution in [0.3, 0.4) is 0 Å². The minimum atomic E-state index is -0.969. The fourth-order valence-electron chi connectivity index (χ4n) is 2.26. The Morgan fingerprint density at radius 1 is 1.31 bits per heavy atom. The van der Waals surface area contributed by atoms with Gasteiger partial charge in [0.2, 0.25) is 5.91 Å². The molecule has 0 aromatic carbocycles. The van der Waals surface area contributed by atoms with Crippen molar-refractivity contribution in [2.75, 3.05) is 19.7 Å². The maximum absolute atomic E-state index is 10.8. The van der Waals surface area contributed by atoms with E-state index in [1.165, 1.54) is 6.92 Å². The van der Waals surface area contributed by atoms with Gasteiger partial charge in [-0.2, -0.15) is 0 Å². The second-order valence-corrected chi connectivity index (χ2v) is 4.07. The van der Waals surface area contributed by atoms with Crippen molar-refractivity contribution in [1.29, 1.82) is 0 Å². The van der Waals surface area contributed by atoms with E-state index in [9.17, 15) is 15.0 Å². The van der Waals surface area contributed by atoms with Crippen molar-refractivity contribution in [3.05, 3.63) is 0 Å². The number of hydrogen-bond acceptors (Lipinski definition) is 5. The summed E-state index contributed by atoms with van der Waals surface area (Å²) in [5.41, 5.74) is 0. The Morgan fingerprint density at radius 2 is 1.88 bits per heavy atom. The van der Waals surface area contributed by atoms with Crippen LogP contribution in [-0.4, -0.2) is 70.1 Å². The van der Waals surface area contributed by atoms with E-state index < -0.39 is 18.2 Å². The SMILES string of the molecule is CCN1[C@H](CO)[C@@H](O)[C@H](O)[C@H]1CNC(C)=O. The number of rotatable bonds is 4. The zero-order chi connectivity index (χ0) is 12.3. The molecule has 0 saturated carbocycles. The zero-order valence-corrected chi connectivity index (χ0v) is 9.63. The monoisotopic (exact) mass is 232 g/mol. The third-order valence-corrected chi connectivity index (χ3v) is 3.10. The van der Waals surface area contributed by atoms with Crippen LogP contribution in [0.25, 0.3) is 0 Å². The van der Waals surface area contributed by atoms with Crippen LogP contribution in [0.15, 0.2) is 0 Å². The maximum Gasteiger partial charge on any atom is 0.216 e. The normalized spacial score (nSPS) is 35.3. The third-order valence-electron chi connectivity index (χ3n) is 3.10. The molecule has 1 rings (SSSR count). The number of likely N-dealkylation sites (N-methyl/N-ethyl adjacent to an activating group) is 1. The van der Waals surface area contributed by atoms with Gasteiger partial charge in [-0.3, -0.25) is 9.69 Å². The molecule has 0 bridgehead atoms. The van der Waals surface area contributed by atoms with E-state index in [1.54, 1.807) is 0 Å². The van der Waals surface area contributed by atoms with Gasteiger partial charge in [0.1, 0.15) is 0 Å². The van der Waals surface area contributed by atoms with E-state index in [0.29, 0.717) is 6.54 Å². The molecule has 1 aliphatic rings. The Hall–Kier alpha value is -0.690. The van der Waals surface area contributed by atoms with E-state index in [4.69, 9.17) is 5.11 Å². The Kier molecular flexibility index (Phi) is 4.67. The Labute approximate surface area is 94.9 Å². The molecule has 0 aromatic rings. The summed E-state index contributed by atoms with van der Waals surface area (Å²) in [6.45, 7) is 3.95. The van der Waals surface area contributed by atoms with Gasteiger partial charge in [0.25, 0.3) is 0 Å². The summed E-state index contributed by atoms with van der Waals surface area (Å²) >= 11 is 0. The standard InChI is InChI=1S/C10H20N2O4/c1-3-12-7(4-11-6(2)14)9(15)10(16)8(12)5-13/h7-10,13,15-16H,3-5H2,1-2H3,(H,11,14)/t7-,8-,9-,10-/m1/s1. The Morgan fingerprint density at radius 3 is 2.31 bits per heavy atom. The molecule has 0 radical (unpaired) electrons. The topological polar surface area (TPSA) is 93.0 Å². The molecule has 1 amide bonds. The van der Waals surface area contributed by atoms with Gasteiger partial charge in [0.05, 0.1) is 30.9 Å². The lowest BCUT2D eigenvalue weighted by molar-refractivity contribution is -0.119. The minimum absolute atomic E-state index is 0.176. The van der Waals surface area contributed by atoms with Crippen LogP contribution in [0, 0.1) is 0 Å². The van der Waals surface area contributed by atoms with Crippen LogP contribution >= 0.6 is 0 Å². The average molecular weight is 232 g/mol. The second-order valence-electron chi connectivity index (χ2n) is 4.07. The molecule has 1 saturated heterocycles. The molecule has 1 aliphatic heterocycles. The molecule has 16 heavy (non-hydrogen) atoms. The van der Waals surface area contributed by atoms with Crippen molar-refractivity contribution >= 4 is 5.91 Å². The molecular formula is C10H20N2O4. The highest BCUT2D eigenvalue weighted by atomic mass is 16.3. The first-order valence-electron chi connectivity index (χ1n) is 5.50. The minimum Gasteiger partial charge on any atom is -0.395 e. The molecule has 6 heteroatoms. The van der Waals surface area contributed by atoms with Crippen LogP contribution < -0.4 is 5.32 Å². The Bertz CT molecular complexity index is 249.